The summed E-state index contributed by atoms with van der Waals surface area (Å²) in [5, 5.41) is 3.77. The van der Waals surface area contributed by atoms with Gasteiger partial charge in [-0.1, -0.05) is 152 Å². The Hall–Kier alpha value is -7.77. The highest BCUT2D eigenvalue weighted by Gasteiger charge is 2.35. The Kier molecular flexibility index (Phi) is 8.99. The zero-order chi connectivity index (χ0) is 41.7. The van der Waals surface area contributed by atoms with Crippen molar-refractivity contribution in [2.45, 2.75) is 32.4 Å². The molecule has 11 aromatic rings. The van der Waals surface area contributed by atoms with E-state index in [1.54, 1.807) is 0 Å². The molecule has 3 heteroatoms. The number of allylic oxidation sites excluding steroid dienone is 1. The van der Waals surface area contributed by atoms with Crippen LogP contribution < -0.4 is 0 Å². The number of para-hydroxylation sites is 2. The van der Waals surface area contributed by atoms with Crippen LogP contribution in [0.2, 0.25) is 0 Å². The molecule has 0 aliphatic heterocycles. The monoisotopic (exact) mass is 822 g/mol. The Bertz CT molecular complexity index is 3260. The largest absolute Gasteiger partial charge is 0.312 e. The highest BCUT2D eigenvalue weighted by atomic mass is 32.3. The Balaban J connectivity index is 1.21. The first-order valence-electron chi connectivity index (χ1n) is 21.7. The molecule has 0 saturated heterocycles. The lowest BCUT2D eigenvalue weighted by molar-refractivity contribution is 0.889. The minimum atomic E-state index is -2.03. The molecule has 63 heavy (non-hydrogen) atoms. The molecule has 2 nitrogen and oxygen atoms in total. The zero-order valence-electron chi connectivity index (χ0n) is 34.7. The van der Waals surface area contributed by atoms with Crippen LogP contribution in [0.25, 0.3) is 72.4 Å². The summed E-state index contributed by atoms with van der Waals surface area (Å²) in [4.78, 5) is 5.13. The van der Waals surface area contributed by atoms with Crippen molar-refractivity contribution < 1.29 is 0 Å². The van der Waals surface area contributed by atoms with E-state index in [0.717, 1.165) is 35.3 Å². The maximum absolute atomic E-state index is 3.61. The van der Waals surface area contributed by atoms with E-state index in [-0.39, 0.29) is 0 Å². The van der Waals surface area contributed by atoms with E-state index in [9.17, 15) is 0 Å². The van der Waals surface area contributed by atoms with Crippen molar-refractivity contribution in [3.63, 3.8) is 0 Å². The summed E-state index contributed by atoms with van der Waals surface area (Å²) in [5.41, 5.74) is 13.0. The van der Waals surface area contributed by atoms with E-state index in [2.05, 4.69) is 246 Å². The summed E-state index contributed by atoms with van der Waals surface area (Å²) in [6.45, 7) is 0. The number of nitrogens with zero attached hydrogens (tertiary/aromatic N) is 2. The molecule has 0 spiro atoms. The molecule has 0 fully saturated rings. The second-order valence-electron chi connectivity index (χ2n) is 16.2. The topological polar surface area (TPSA) is 9.86 Å². The van der Waals surface area contributed by atoms with E-state index >= 15 is 0 Å². The molecule has 298 valence electrons. The van der Waals surface area contributed by atoms with Crippen LogP contribution in [0.5, 0.6) is 0 Å². The molecule has 0 unspecified atom stereocenters. The molecular formula is C60H42N2S. The second kappa shape index (κ2) is 15.3. The fraction of sp³-hybridized carbons (Fsp3) is 0.0333. The van der Waals surface area contributed by atoms with Crippen LogP contribution in [-0.2, 0) is 6.42 Å². The van der Waals surface area contributed by atoms with Crippen LogP contribution in [0.15, 0.2) is 244 Å². The molecule has 0 radical (unpaired) electrons. The first kappa shape index (κ1) is 37.0. The number of benzene rings is 8. The highest BCUT2D eigenvalue weighted by Crippen LogP contribution is 2.74. The normalized spacial score (nSPS) is 12.7. The van der Waals surface area contributed by atoms with Gasteiger partial charge in [0.15, 0.2) is 0 Å². The number of fused-ring (bicyclic) bond motifs is 6. The lowest BCUT2D eigenvalue weighted by Crippen LogP contribution is -2.10. The molecule has 2 aromatic heterocycles. The number of aromatic nitrogens is 2. The first-order chi connectivity index (χ1) is 31.3. The molecule has 9 aromatic carbocycles. The van der Waals surface area contributed by atoms with Gasteiger partial charge in [0, 0.05) is 69.4 Å². The predicted molar refractivity (Wildman–Crippen MR) is 263 cm³/mol. The average molecular weight is 823 g/mol. The van der Waals surface area contributed by atoms with Crippen LogP contribution in [0.4, 0.5) is 0 Å². The highest BCUT2D eigenvalue weighted by molar-refractivity contribution is 8.34. The van der Waals surface area contributed by atoms with Crippen LogP contribution in [0.3, 0.4) is 0 Å². The fourth-order valence-corrected chi connectivity index (χ4v) is 14.0. The van der Waals surface area contributed by atoms with Gasteiger partial charge in [0.2, 0.25) is 0 Å². The quantitative estimate of drug-likeness (QED) is 0.144. The number of hydrogen-bond donors (Lipinski definition) is 0. The number of hydrogen-bond acceptors (Lipinski definition) is 0. The molecule has 2 heterocycles. The van der Waals surface area contributed by atoms with Gasteiger partial charge in [-0.05, 0) is 109 Å². The van der Waals surface area contributed by atoms with Gasteiger partial charge < -0.3 is 9.13 Å². The standard InChI is InChI=1S/C60H42N2S/c1-6-22-43(23-7-1)53-41-49(63(46-26-10-3-11-27-46,47-28-12-4-13-29-47)48-30-14-5-15-31-48)42-54(44-24-8-2-9-25-44)60(53)62-58-37-21-18-34-52(58)55-40-45(38-39-59(55)62)61-56-35-19-16-32-50(56)51-33-17-20-36-57(51)61/h1-8,10-20,22-24,26-36,38-42H,21,37H2. The van der Waals surface area contributed by atoms with Gasteiger partial charge in [-0.3, -0.25) is 0 Å². The molecule has 12 rings (SSSR count). The minimum absolute atomic E-state index is 0.929. The third-order valence-electron chi connectivity index (χ3n) is 12.7. The summed E-state index contributed by atoms with van der Waals surface area (Å²) < 4.78 is 5.03. The van der Waals surface area contributed by atoms with Crippen molar-refractivity contribution in [1.29, 1.82) is 0 Å². The lowest BCUT2D eigenvalue weighted by atomic mass is 9.95. The fourth-order valence-electron chi connectivity index (χ4n) is 10.1. The van der Waals surface area contributed by atoms with Crippen molar-refractivity contribution >= 4 is 48.8 Å². The van der Waals surface area contributed by atoms with E-state index in [1.165, 1.54) is 74.7 Å². The van der Waals surface area contributed by atoms with Crippen LogP contribution in [-0.4, -0.2) is 9.13 Å². The van der Waals surface area contributed by atoms with Gasteiger partial charge >= 0.3 is 0 Å². The van der Waals surface area contributed by atoms with Gasteiger partial charge in [0.05, 0.1) is 22.2 Å². The second-order valence-corrected chi connectivity index (χ2v) is 19.3. The van der Waals surface area contributed by atoms with E-state index in [1.807, 2.05) is 6.07 Å². The summed E-state index contributed by atoms with van der Waals surface area (Å²) in [5.74, 6) is 0. The van der Waals surface area contributed by atoms with Crippen molar-refractivity contribution in [2.24, 2.45) is 0 Å². The third-order valence-corrected chi connectivity index (χ3v) is 16.6. The predicted octanol–water partition coefficient (Wildman–Crippen LogP) is 16.0. The van der Waals surface area contributed by atoms with Gasteiger partial charge in [-0.15, -0.1) is 10.0 Å². The van der Waals surface area contributed by atoms with Crippen LogP contribution in [0, 0.1) is 12.1 Å². The first-order valence-corrected chi connectivity index (χ1v) is 23.4. The summed E-state index contributed by atoms with van der Waals surface area (Å²) in [7, 11) is -2.03. The molecule has 0 amide bonds. The number of rotatable bonds is 8. The Morgan fingerprint density at radius 3 is 1.60 bits per heavy atom. The zero-order valence-corrected chi connectivity index (χ0v) is 35.5. The minimum Gasteiger partial charge on any atom is -0.312 e. The molecule has 0 N–H and O–H groups in total. The smallest absolute Gasteiger partial charge is 0.0623 e. The van der Waals surface area contributed by atoms with Crippen LogP contribution in [0.1, 0.15) is 17.7 Å². The molecule has 1 aliphatic rings. The summed E-state index contributed by atoms with van der Waals surface area (Å²) in [6, 6.07) is 87.4. The maximum Gasteiger partial charge on any atom is 0.0623 e. The van der Waals surface area contributed by atoms with E-state index in [4.69, 9.17) is 0 Å². The van der Waals surface area contributed by atoms with Crippen LogP contribution >= 0.6 is 10.0 Å². The Morgan fingerprint density at radius 1 is 0.444 bits per heavy atom. The van der Waals surface area contributed by atoms with Crippen molar-refractivity contribution in [3.05, 3.63) is 248 Å². The maximum atomic E-state index is 3.61. The van der Waals surface area contributed by atoms with Gasteiger partial charge in [0.25, 0.3) is 0 Å². The van der Waals surface area contributed by atoms with E-state index < -0.39 is 10.0 Å². The van der Waals surface area contributed by atoms with Crippen molar-refractivity contribution in [2.75, 3.05) is 0 Å². The van der Waals surface area contributed by atoms with E-state index in [0.29, 0.717) is 0 Å². The van der Waals surface area contributed by atoms with Gasteiger partial charge in [-0.25, -0.2) is 0 Å². The molecule has 0 bridgehead atoms. The van der Waals surface area contributed by atoms with Gasteiger partial charge in [-0.2, -0.15) is 0 Å². The average Bonchev–Trinajstić information content (AvgIpc) is 3.88. The molecule has 0 saturated carbocycles. The molecular weight excluding hydrogens is 781 g/mol. The van der Waals surface area contributed by atoms with Crippen molar-refractivity contribution in [1.82, 2.24) is 9.13 Å². The molecule has 0 atom stereocenters. The van der Waals surface area contributed by atoms with Gasteiger partial charge in [0.1, 0.15) is 0 Å². The summed E-state index contributed by atoms with van der Waals surface area (Å²) in [6.07, 6.45) is 6.62. The summed E-state index contributed by atoms with van der Waals surface area (Å²) >= 11 is 0. The SMILES string of the molecule is c1cccc(-c2cc(S(c3ccccc3)(c3ccccc3)c3ccccc3)cc(-c3ccccc3)c2-n2c3c(c4cc(-n5c6ccccc6c6ccccc65)ccc42)C=CCC3)c#1. The Morgan fingerprint density at radius 2 is 1.00 bits per heavy atom. The lowest BCUT2D eigenvalue weighted by Gasteiger charge is -2.42. The third kappa shape index (κ3) is 5.91. The van der Waals surface area contributed by atoms with Crippen molar-refractivity contribution in [3.8, 4) is 33.6 Å². The molecule has 1 aliphatic carbocycles. The Labute approximate surface area is 370 Å².